The van der Waals surface area contributed by atoms with E-state index in [9.17, 15) is 35.9 Å². The van der Waals surface area contributed by atoms with Gasteiger partial charge in [0.15, 0.2) is 0 Å². The van der Waals surface area contributed by atoms with Crippen LogP contribution in [0.15, 0.2) is 29.2 Å². The van der Waals surface area contributed by atoms with Gasteiger partial charge in [0.25, 0.3) is 0 Å². The summed E-state index contributed by atoms with van der Waals surface area (Å²) in [5.41, 5.74) is -4.34. The lowest BCUT2D eigenvalue weighted by atomic mass is 10.1. The molecule has 1 amide bonds. The number of hydrogen-bond acceptors (Lipinski definition) is 3. The lowest BCUT2D eigenvalue weighted by Gasteiger charge is -2.16. The van der Waals surface area contributed by atoms with Crippen LogP contribution in [-0.2, 0) is 16.0 Å². The Labute approximate surface area is 129 Å². The number of thioether (sulfide) groups is 1. The summed E-state index contributed by atoms with van der Waals surface area (Å²) in [5, 5.41) is 10.1. The van der Waals surface area contributed by atoms with E-state index in [1.54, 1.807) is 0 Å². The summed E-state index contributed by atoms with van der Waals surface area (Å²) in [6.45, 7) is 0. The fourth-order valence-corrected chi connectivity index (χ4v) is 2.04. The minimum atomic E-state index is -5.24. The van der Waals surface area contributed by atoms with Gasteiger partial charge in [0.2, 0.25) is 0 Å². The van der Waals surface area contributed by atoms with Crippen molar-refractivity contribution in [2.24, 2.45) is 0 Å². The molecule has 1 rings (SSSR count). The van der Waals surface area contributed by atoms with Gasteiger partial charge >= 0.3 is 23.6 Å². The van der Waals surface area contributed by atoms with Crippen molar-refractivity contribution < 1.29 is 41.0 Å². The number of benzene rings is 1. The van der Waals surface area contributed by atoms with E-state index in [1.165, 1.54) is 5.32 Å². The lowest BCUT2D eigenvalue weighted by Crippen LogP contribution is -2.47. The molecule has 2 N–H and O–H groups in total. The number of carbonyl (C=O) groups excluding carboxylic acids is 1. The van der Waals surface area contributed by atoms with Gasteiger partial charge in [-0.1, -0.05) is 12.1 Å². The first-order valence-electron chi connectivity index (χ1n) is 5.83. The van der Waals surface area contributed by atoms with E-state index in [4.69, 9.17) is 5.11 Å². The molecular weight excluding hydrogens is 352 g/mol. The smallest absolute Gasteiger partial charge is 0.471 e. The third-order valence-electron chi connectivity index (χ3n) is 2.46. The second-order valence-corrected chi connectivity index (χ2v) is 5.40. The Hall–Kier alpha value is -1.91. The highest BCUT2D eigenvalue weighted by atomic mass is 32.2. The van der Waals surface area contributed by atoms with Crippen LogP contribution in [0.3, 0.4) is 0 Å². The molecule has 0 fully saturated rings. The van der Waals surface area contributed by atoms with Crippen molar-refractivity contribution in [3.63, 3.8) is 0 Å². The van der Waals surface area contributed by atoms with Crippen LogP contribution in [0.25, 0.3) is 0 Å². The van der Waals surface area contributed by atoms with E-state index < -0.39 is 36.0 Å². The van der Waals surface area contributed by atoms with Crippen molar-refractivity contribution in [1.82, 2.24) is 5.32 Å². The molecule has 0 heterocycles. The molecule has 1 unspecified atom stereocenters. The van der Waals surface area contributed by atoms with E-state index in [2.05, 4.69) is 0 Å². The Morgan fingerprint density at radius 3 is 2.00 bits per heavy atom. The standard InChI is InChI=1S/C12H9F6NO3S/c13-11(14,15)10(22)19-8(9(20)21)5-6-1-3-7(4-2-6)23-12(16,17)18/h1-4,8H,5H2,(H,19,22)(H,20,21). The topological polar surface area (TPSA) is 66.4 Å². The van der Waals surface area contributed by atoms with Crippen molar-refractivity contribution in [3.05, 3.63) is 29.8 Å². The van der Waals surface area contributed by atoms with Crippen LogP contribution in [0.4, 0.5) is 26.3 Å². The summed E-state index contributed by atoms with van der Waals surface area (Å²) >= 11 is -0.386. The number of carboxylic acids is 1. The van der Waals surface area contributed by atoms with Gasteiger partial charge in [0.1, 0.15) is 6.04 Å². The number of aliphatic carboxylic acids is 1. The second kappa shape index (κ2) is 7.11. The van der Waals surface area contributed by atoms with E-state index in [0.717, 1.165) is 24.3 Å². The largest absolute Gasteiger partial charge is 0.480 e. The van der Waals surface area contributed by atoms with Crippen LogP contribution < -0.4 is 5.32 Å². The minimum absolute atomic E-state index is 0.159. The molecule has 23 heavy (non-hydrogen) atoms. The quantitative estimate of drug-likeness (QED) is 0.625. The average Bonchev–Trinajstić information content (AvgIpc) is 2.37. The van der Waals surface area contributed by atoms with Gasteiger partial charge < -0.3 is 10.4 Å². The number of amides is 1. The second-order valence-electron chi connectivity index (χ2n) is 4.26. The molecule has 0 aliphatic rings. The van der Waals surface area contributed by atoms with Crippen LogP contribution in [-0.4, -0.2) is 34.7 Å². The molecule has 0 saturated heterocycles. The highest BCUT2D eigenvalue weighted by molar-refractivity contribution is 8.00. The Morgan fingerprint density at radius 2 is 1.61 bits per heavy atom. The monoisotopic (exact) mass is 361 g/mol. The van der Waals surface area contributed by atoms with Gasteiger partial charge in [-0.2, -0.15) is 26.3 Å². The number of rotatable bonds is 5. The van der Waals surface area contributed by atoms with Crippen molar-refractivity contribution in [3.8, 4) is 0 Å². The van der Waals surface area contributed by atoms with Crippen LogP contribution in [0, 0.1) is 0 Å². The minimum Gasteiger partial charge on any atom is -0.480 e. The van der Waals surface area contributed by atoms with Crippen LogP contribution in [0.1, 0.15) is 5.56 Å². The summed E-state index contributed by atoms with van der Waals surface area (Å²) in [7, 11) is 0. The highest BCUT2D eigenvalue weighted by Gasteiger charge is 2.40. The molecule has 0 aliphatic carbocycles. The fraction of sp³-hybridized carbons (Fsp3) is 0.333. The molecule has 1 aromatic rings. The molecule has 0 aromatic heterocycles. The third kappa shape index (κ3) is 6.80. The van der Waals surface area contributed by atoms with Gasteiger partial charge in [0.05, 0.1) is 0 Å². The summed E-state index contributed by atoms with van der Waals surface area (Å²) in [6.07, 6.45) is -5.74. The van der Waals surface area contributed by atoms with Crippen molar-refractivity contribution in [1.29, 1.82) is 0 Å². The molecule has 11 heteroatoms. The molecule has 0 radical (unpaired) electrons. The fourth-order valence-electron chi connectivity index (χ4n) is 1.50. The Morgan fingerprint density at radius 1 is 1.09 bits per heavy atom. The maximum absolute atomic E-state index is 12.1. The zero-order chi connectivity index (χ0) is 17.8. The summed E-state index contributed by atoms with van der Waals surface area (Å²) in [4.78, 5) is 21.5. The van der Waals surface area contributed by atoms with Crippen LogP contribution in [0.5, 0.6) is 0 Å². The number of nitrogens with one attached hydrogen (secondary N) is 1. The van der Waals surface area contributed by atoms with Crippen LogP contribution in [0.2, 0.25) is 0 Å². The first-order chi connectivity index (χ1) is 10.4. The summed E-state index contributed by atoms with van der Waals surface area (Å²) in [5.74, 6) is -4.11. The normalized spacial score (nSPS) is 13.5. The lowest BCUT2D eigenvalue weighted by molar-refractivity contribution is -0.175. The van der Waals surface area contributed by atoms with Crippen molar-refractivity contribution in [2.75, 3.05) is 0 Å². The highest BCUT2D eigenvalue weighted by Crippen LogP contribution is 2.36. The molecule has 0 bridgehead atoms. The SMILES string of the molecule is O=C(O)C(Cc1ccc(SC(F)(F)F)cc1)NC(=O)C(F)(F)F. The number of alkyl halides is 6. The molecule has 0 saturated carbocycles. The van der Waals surface area contributed by atoms with Gasteiger partial charge in [-0.25, -0.2) is 4.79 Å². The third-order valence-corrected chi connectivity index (χ3v) is 3.20. The number of hydrogen-bond donors (Lipinski definition) is 2. The van der Waals surface area contributed by atoms with Crippen LogP contribution >= 0.6 is 11.8 Å². The first kappa shape index (κ1) is 19.1. The Balaban J connectivity index is 2.78. The maximum atomic E-state index is 12.1. The van der Waals surface area contributed by atoms with E-state index >= 15 is 0 Å². The predicted molar refractivity (Wildman–Crippen MR) is 67.7 cm³/mol. The first-order valence-corrected chi connectivity index (χ1v) is 6.65. The van der Waals surface area contributed by atoms with Gasteiger partial charge in [-0.15, -0.1) is 0 Å². The number of carbonyl (C=O) groups is 2. The average molecular weight is 361 g/mol. The maximum Gasteiger partial charge on any atom is 0.471 e. The molecule has 4 nitrogen and oxygen atoms in total. The van der Waals surface area contributed by atoms with Gasteiger partial charge in [-0.3, -0.25) is 4.79 Å². The molecule has 128 valence electrons. The molecule has 1 atom stereocenters. The molecular formula is C12H9F6NO3S. The molecule has 0 spiro atoms. The van der Waals surface area contributed by atoms with Gasteiger partial charge in [-0.05, 0) is 29.5 Å². The van der Waals surface area contributed by atoms with Gasteiger partial charge in [0, 0.05) is 11.3 Å². The Kier molecular flexibility index (Phi) is 5.92. The summed E-state index contributed by atoms with van der Waals surface area (Å²) in [6, 6.07) is 2.54. The predicted octanol–water partition coefficient (Wildman–Crippen LogP) is 2.97. The van der Waals surface area contributed by atoms with E-state index in [-0.39, 0.29) is 22.2 Å². The number of carboxylic acid groups (broad SMARTS) is 1. The zero-order valence-electron chi connectivity index (χ0n) is 11.0. The molecule has 0 aliphatic heterocycles. The van der Waals surface area contributed by atoms with E-state index in [1.807, 2.05) is 0 Å². The molecule has 1 aromatic carbocycles. The van der Waals surface area contributed by atoms with Crippen molar-refractivity contribution in [2.45, 2.75) is 29.0 Å². The summed E-state index contributed by atoms with van der Waals surface area (Å²) < 4.78 is 72.8. The number of halogens is 6. The Bertz CT molecular complexity index is 570. The van der Waals surface area contributed by atoms with Crippen molar-refractivity contribution >= 4 is 23.6 Å². The van der Waals surface area contributed by atoms with E-state index in [0.29, 0.717) is 0 Å². The zero-order valence-corrected chi connectivity index (χ0v) is 11.9.